The number of rotatable bonds is 7. The highest BCUT2D eigenvalue weighted by Gasteiger charge is 2.20. The molecule has 1 fully saturated rings. The number of benzene rings is 1. The average molecular weight is 393 g/mol. The lowest BCUT2D eigenvalue weighted by Gasteiger charge is -2.32. The fraction of sp³-hybridized carbons (Fsp3) is 0.455. The molecule has 0 aliphatic carbocycles. The van der Waals surface area contributed by atoms with Gasteiger partial charge in [-0.3, -0.25) is 0 Å². The molecule has 3 aromatic rings. The molecule has 152 valence electrons. The first-order chi connectivity index (χ1) is 14.2. The third-order valence-corrected chi connectivity index (χ3v) is 5.40. The molecule has 1 saturated heterocycles. The van der Waals surface area contributed by atoms with Crippen LogP contribution in [0.15, 0.2) is 40.9 Å². The molecule has 29 heavy (non-hydrogen) atoms. The van der Waals surface area contributed by atoms with Crippen LogP contribution in [-0.2, 0) is 6.42 Å². The third kappa shape index (κ3) is 4.91. The van der Waals surface area contributed by atoms with E-state index in [1.807, 2.05) is 44.2 Å². The average Bonchev–Trinajstić information content (AvgIpc) is 3.25. The van der Waals surface area contributed by atoms with Crippen LogP contribution in [0.1, 0.15) is 37.7 Å². The standard InChI is InChI=1S/C22H27N5O2/c1-3-20-23-22(29-26-20)18-5-7-19(8-6-18)28-15-12-17-10-13-27(14-11-17)21-9-4-16(2)24-25-21/h4-9,17H,3,10-15H2,1-2H3. The first-order valence-electron chi connectivity index (χ1n) is 10.3. The van der Waals surface area contributed by atoms with Gasteiger partial charge in [-0.2, -0.15) is 10.1 Å². The molecule has 7 nitrogen and oxygen atoms in total. The van der Waals surface area contributed by atoms with Crippen LogP contribution < -0.4 is 9.64 Å². The Morgan fingerprint density at radius 3 is 2.52 bits per heavy atom. The van der Waals surface area contributed by atoms with Gasteiger partial charge in [0.15, 0.2) is 11.6 Å². The second-order valence-electron chi connectivity index (χ2n) is 7.49. The zero-order valence-electron chi connectivity index (χ0n) is 17.0. The highest BCUT2D eigenvalue weighted by atomic mass is 16.5. The highest BCUT2D eigenvalue weighted by molar-refractivity contribution is 5.54. The van der Waals surface area contributed by atoms with E-state index in [0.29, 0.717) is 11.8 Å². The van der Waals surface area contributed by atoms with Gasteiger partial charge in [0.05, 0.1) is 12.3 Å². The quantitative estimate of drug-likeness (QED) is 0.598. The number of piperidine rings is 1. The second-order valence-corrected chi connectivity index (χ2v) is 7.49. The van der Waals surface area contributed by atoms with Gasteiger partial charge in [0.2, 0.25) is 0 Å². The fourth-order valence-electron chi connectivity index (χ4n) is 3.56. The van der Waals surface area contributed by atoms with Gasteiger partial charge < -0.3 is 14.2 Å². The molecule has 2 aromatic heterocycles. The van der Waals surface area contributed by atoms with E-state index in [-0.39, 0.29) is 0 Å². The molecule has 1 aliphatic rings. The summed E-state index contributed by atoms with van der Waals surface area (Å²) >= 11 is 0. The monoisotopic (exact) mass is 393 g/mol. The van der Waals surface area contributed by atoms with Crippen LogP contribution in [0.25, 0.3) is 11.5 Å². The lowest BCUT2D eigenvalue weighted by atomic mass is 9.94. The molecule has 7 heteroatoms. The molecule has 0 atom stereocenters. The molecule has 0 unspecified atom stereocenters. The maximum Gasteiger partial charge on any atom is 0.257 e. The van der Waals surface area contributed by atoms with Crippen molar-refractivity contribution >= 4 is 5.82 Å². The Bertz CT molecular complexity index is 900. The van der Waals surface area contributed by atoms with Gasteiger partial charge >= 0.3 is 0 Å². The van der Waals surface area contributed by atoms with E-state index < -0.39 is 0 Å². The summed E-state index contributed by atoms with van der Waals surface area (Å²) in [5.74, 6) is 3.82. The number of anilines is 1. The Balaban J connectivity index is 1.21. The predicted molar refractivity (Wildman–Crippen MR) is 111 cm³/mol. The summed E-state index contributed by atoms with van der Waals surface area (Å²) in [5, 5.41) is 12.4. The van der Waals surface area contributed by atoms with Crippen LogP contribution in [0.4, 0.5) is 5.82 Å². The lowest BCUT2D eigenvalue weighted by Crippen LogP contribution is -2.34. The summed E-state index contributed by atoms with van der Waals surface area (Å²) in [7, 11) is 0. The van der Waals surface area contributed by atoms with E-state index in [0.717, 1.165) is 74.0 Å². The van der Waals surface area contributed by atoms with Gasteiger partial charge in [-0.15, -0.1) is 5.10 Å². The van der Waals surface area contributed by atoms with E-state index in [1.165, 1.54) is 0 Å². The van der Waals surface area contributed by atoms with Crippen molar-refractivity contribution in [2.24, 2.45) is 5.92 Å². The number of nitrogens with zero attached hydrogens (tertiary/aromatic N) is 5. The molecule has 0 amide bonds. The van der Waals surface area contributed by atoms with Gasteiger partial charge in [-0.25, -0.2) is 0 Å². The van der Waals surface area contributed by atoms with Gasteiger partial charge in [-0.05, 0) is 68.5 Å². The number of hydrogen-bond donors (Lipinski definition) is 0. The third-order valence-electron chi connectivity index (χ3n) is 5.40. The first-order valence-corrected chi connectivity index (χ1v) is 10.3. The Labute approximate surface area is 171 Å². The Morgan fingerprint density at radius 1 is 1.07 bits per heavy atom. The zero-order chi connectivity index (χ0) is 20.1. The van der Waals surface area contributed by atoms with Crippen molar-refractivity contribution in [3.63, 3.8) is 0 Å². The normalized spacial score (nSPS) is 14.9. The van der Waals surface area contributed by atoms with Crippen molar-refractivity contribution in [1.82, 2.24) is 20.3 Å². The van der Waals surface area contributed by atoms with Gasteiger partial charge in [0, 0.05) is 25.1 Å². The van der Waals surface area contributed by atoms with Crippen molar-refractivity contribution in [2.45, 2.75) is 39.5 Å². The van der Waals surface area contributed by atoms with Crippen molar-refractivity contribution in [2.75, 3.05) is 24.6 Å². The molecule has 4 rings (SSSR count). The SMILES string of the molecule is CCc1noc(-c2ccc(OCCC3CCN(c4ccc(C)nn4)CC3)cc2)n1. The van der Waals surface area contributed by atoms with E-state index >= 15 is 0 Å². The molecule has 0 radical (unpaired) electrons. The predicted octanol–water partition coefficient (Wildman–Crippen LogP) is 4.08. The molecule has 0 spiro atoms. The van der Waals surface area contributed by atoms with Crippen LogP contribution in [0.5, 0.6) is 5.75 Å². The van der Waals surface area contributed by atoms with Crippen LogP contribution in [0.2, 0.25) is 0 Å². The second kappa shape index (κ2) is 9.03. The van der Waals surface area contributed by atoms with E-state index in [9.17, 15) is 0 Å². The topological polar surface area (TPSA) is 77.2 Å². The van der Waals surface area contributed by atoms with Crippen LogP contribution in [0.3, 0.4) is 0 Å². The number of hydrogen-bond acceptors (Lipinski definition) is 7. The molecule has 0 N–H and O–H groups in total. The summed E-state index contributed by atoms with van der Waals surface area (Å²) in [4.78, 5) is 6.68. The highest BCUT2D eigenvalue weighted by Crippen LogP contribution is 2.25. The van der Waals surface area contributed by atoms with Crippen LogP contribution in [0, 0.1) is 12.8 Å². The van der Waals surface area contributed by atoms with E-state index in [1.54, 1.807) is 0 Å². The molecule has 1 aliphatic heterocycles. The minimum atomic E-state index is 0.554. The summed E-state index contributed by atoms with van der Waals surface area (Å²) in [6, 6.07) is 11.9. The maximum atomic E-state index is 5.95. The van der Waals surface area contributed by atoms with Gasteiger partial charge in [0.1, 0.15) is 5.75 Å². The van der Waals surface area contributed by atoms with Crippen molar-refractivity contribution < 1.29 is 9.26 Å². The number of ether oxygens (including phenoxy) is 1. The lowest BCUT2D eigenvalue weighted by molar-refractivity contribution is 0.258. The fourth-order valence-corrected chi connectivity index (χ4v) is 3.56. The maximum absolute atomic E-state index is 5.95. The minimum absolute atomic E-state index is 0.554. The smallest absolute Gasteiger partial charge is 0.257 e. The van der Waals surface area contributed by atoms with Crippen LogP contribution in [-0.4, -0.2) is 40.0 Å². The molecule has 1 aromatic carbocycles. The minimum Gasteiger partial charge on any atom is -0.494 e. The molecule has 0 bridgehead atoms. The van der Waals surface area contributed by atoms with Crippen molar-refractivity contribution in [3.8, 4) is 17.2 Å². The summed E-state index contributed by atoms with van der Waals surface area (Å²) in [6.45, 7) is 6.76. The van der Waals surface area contributed by atoms with Crippen molar-refractivity contribution in [1.29, 1.82) is 0 Å². The first kappa shape index (κ1) is 19.4. The zero-order valence-corrected chi connectivity index (χ0v) is 17.0. The van der Waals surface area contributed by atoms with Gasteiger partial charge in [-0.1, -0.05) is 12.1 Å². The number of aromatic nitrogens is 4. The van der Waals surface area contributed by atoms with E-state index in [2.05, 4.69) is 31.3 Å². The van der Waals surface area contributed by atoms with Gasteiger partial charge in [0.25, 0.3) is 5.89 Å². The van der Waals surface area contributed by atoms with Crippen LogP contribution >= 0.6 is 0 Å². The van der Waals surface area contributed by atoms with E-state index in [4.69, 9.17) is 9.26 Å². The largest absolute Gasteiger partial charge is 0.494 e. The summed E-state index contributed by atoms with van der Waals surface area (Å²) in [5.41, 5.74) is 1.87. The molecular weight excluding hydrogens is 366 g/mol. The Hall–Kier alpha value is -2.96. The Morgan fingerprint density at radius 2 is 1.86 bits per heavy atom. The summed E-state index contributed by atoms with van der Waals surface area (Å²) < 4.78 is 11.2. The Kier molecular flexibility index (Phi) is 6.03. The number of aryl methyl sites for hydroxylation is 2. The molecule has 3 heterocycles. The summed E-state index contributed by atoms with van der Waals surface area (Å²) in [6.07, 6.45) is 4.16. The molecular formula is C22H27N5O2. The molecule has 0 saturated carbocycles. The van der Waals surface area contributed by atoms with Crippen molar-refractivity contribution in [3.05, 3.63) is 47.9 Å².